The summed E-state index contributed by atoms with van der Waals surface area (Å²) in [6, 6.07) is 2.49. The predicted molar refractivity (Wildman–Crippen MR) is 77.3 cm³/mol. The molecule has 2 rings (SSSR count). The Labute approximate surface area is 119 Å². The Morgan fingerprint density at radius 2 is 2.20 bits per heavy atom. The molecule has 2 heterocycles. The molecular formula is C14H21N5O. The fourth-order valence-corrected chi connectivity index (χ4v) is 1.78. The first-order valence-electron chi connectivity index (χ1n) is 6.91. The largest absolute Gasteiger partial charge is 0.406 e. The Hall–Kier alpha value is -1.95. The van der Waals surface area contributed by atoms with Gasteiger partial charge in [-0.3, -0.25) is 4.98 Å². The van der Waals surface area contributed by atoms with Crippen LogP contribution in [0.3, 0.4) is 0 Å². The van der Waals surface area contributed by atoms with Gasteiger partial charge in [0.1, 0.15) is 0 Å². The Balaban J connectivity index is 1.91. The molecule has 6 heteroatoms. The number of aromatic nitrogens is 3. The van der Waals surface area contributed by atoms with Crippen molar-refractivity contribution in [3.8, 4) is 0 Å². The summed E-state index contributed by atoms with van der Waals surface area (Å²) in [7, 11) is 0. The number of nitrogens with zero attached hydrogens (tertiary/aromatic N) is 3. The molecule has 0 saturated carbocycles. The molecule has 0 fully saturated rings. The monoisotopic (exact) mass is 275 g/mol. The van der Waals surface area contributed by atoms with Gasteiger partial charge in [0.15, 0.2) is 0 Å². The Bertz CT molecular complexity index is 540. The summed E-state index contributed by atoms with van der Waals surface area (Å²) in [5.41, 5.74) is 2.30. The van der Waals surface area contributed by atoms with E-state index < -0.39 is 0 Å². The Kier molecular flexibility index (Phi) is 5.06. The van der Waals surface area contributed by atoms with Crippen LogP contribution in [0.2, 0.25) is 0 Å². The smallest absolute Gasteiger partial charge is 0.315 e. The molecule has 0 spiro atoms. The number of pyridine rings is 1. The van der Waals surface area contributed by atoms with E-state index in [1.165, 1.54) is 5.56 Å². The molecular weight excluding hydrogens is 254 g/mol. The average molecular weight is 275 g/mol. The zero-order valence-corrected chi connectivity index (χ0v) is 12.2. The highest BCUT2D eigenvalue weighted by molar-refractivity contribution is 5.27. The molecule has 20 heavy (non-hydrogen) atoms. The fourth-order valence-electron chi connectivity index (χ4n) is 1.78. The first-order valence-corrected chi connectivity index (χ1v) is 6.91. The lowest BCUT2D eigenvalue weighted by Gasteiger charge is -2.07. The van der Waals surface area contributed by atoms with Crippen LogP contribution in [0.1, 0.15) is 43.3 Å². The molecule has 1 unspecified atom stereocenters. The number of hydrogen-bond donors (Lipinski definition) is 2. The summed E-state index contributed by atoms with van der Waals surface area (Å²) in [5.74, 6) is 0.601. The molecule has 0 saturated heterocycles. The molecule has 0 aliphatic heterocycles. The highest BCUT2D eigenvalue weighted by atomic mass is 16.4. The van der Waals surface area contributed by atoms with Crippen LogP contribution in [0, 0.1) is 6.92 Å². The molecule has 2 aromatic rings. The third-order valence-corrected chi connectivity index (χ3v) is 3.09. The number of anilines is 1. The second kappa shape index (κ2) is 7.00. The van der Waals surface area contributed by atoms with Crippen LogP contribution in [0.5, 0.6) is 0 Å². The van der Waals surface area contributed by atoms with Gasteiger partial charge in [-0.1, -0.05) is 12.0 Å². The minimum atomic E-state index is 0.0677. The van der Waals surface area contributed by atoms with Gasteiger partial charge in [0, 0.05) is 18.9 Å². The van der Waals surface area contributed by atoms with E-state index in [1.807, 2.05) is 19.2 Å². The van der Waals surface area contributed by atoms with E-state index >= 15 is 0 Å². The highest BCUT2D eigenvalue weighted by Gasteiger charge is 2.12. The van der Waals surface area contributed by atoms with Crippen LogP contribution in [-0.4, -0.2) is 21.7 Å². The number of nitrogens with one attached hydrogen (secondary N) is 2. The van der Waals surface area contributed by atoms with Gasteiger partial charge in [-0.15, -0.1) is 5.10 Å². The molecule has 0 bridgehead atoms. The topological polar surface area (TPSA) is 75.9 Å². The van der Waals surface area contributed by atoms with Crippen molar-refractivity contribution in [2.75, 3.05) is 11.9 Å². The second-order valence-electron chi connectivity index (χ2n) is 4.78. The zero-order valence-electron chi connectivity index (χ0n) is 12.2. The molecule has 2 N–H and O–H groups in total. The summed E-state index contributed by atoms with van der Waals surface area (Å²) in [5, 5.41) is 14.5. The van der Waals surface area contributed by atoms with Crippen LogP contribution in [0.15, 0.2) is 22.9 Å². The predicted octanol–water partition coefficient (Wildman–Crippen LogP) is 2.45. The minimum absolute atomic E-state index is 0.0677. The molecule has 0 amide bonds. The molecule has 0 radical (unpaired) electrons. The normalized spacial score (nSPS) is 12.3. The molecule has 0 aliphatic rings. The van der Waals surface area contributed by atoms with Gasteiger partial charge in [0.2, 0.25) is 5.89 Å². The van der Waals surface area contributed by atoms with E-state index in [9.17, 15) is 0 Å². The highest BCUT2D eigenvalue weighted by Crippen LogP contribution is 2.15. The van der Waals surface area contributed by atoms with Crippen molar-refractivity contribution in [1.29, 1.82) is 0 Å². The van der Waals surface area contributed by atoms with Gasteiger partial charge in [-0.25, -0.2) is 0 Å². The van der Waals surface area contributed by atoms with Crippen molar-refractivity contribution in [3.05, 3.63) is 35.5 Å². The van der Waals surface area contributed by atoms with Gasteiger partial charge in [0.05, 0.1) is 6.04 Å². The van der Waals surface area contributed by atoms with Gasteiger partial charge < -0.3 is 15.1 Å². The van der Waals surface area contributed by atoms with Gasteiger partial charge in [0.25, 0.3) is 0 Å². The summed E-state index contributed by atoms with van der Waals surface area (Å²) < 4.78 is 5.59. The van der Waals surface area contributed by atoms with Crippen LogP contribution in [0.25, 0.3) is 0 Å². The fraction of sp³-hybridized carbons (Fsp3) is 0.500. The lowest BCUT2D eigenvalue weighted by atomic mass is 10.2. The zero-order chi connectivity index (χ0) is 14.4. The van der Waals surface area contributed by atoms with Crippen molar-refractivity contribution in [2.45, 2.75) is 39.8 Å². The van der Waals surface area contributed by atoms with Crippen LogP contribution >= 0.6 is 0 Å². The van der Waals surface area contributed by atoms with Gasteiger partial charge in [-0.05, 0) is 44.0 Å². The maximum Gasteiger partial charge on any atom is 0.315 e. The van der Waals surface area contributed by atoms with Crippen LogP contribution in [0.4, 0.5) is 6.01 Å². The Morgan fingerprint density at radius 1 is 1.35 bits per heavy atom. The van der Waals surface area contributed by atoms with Crippen molar-refractivity contribution in [1.82, 2.24) is 20.5 Å². The van der Waals surface area contributed by atoms with Gasteiger partial charge >= 0.3 is 6.01 Å². The molecule has 2 aromatic heterocycles. The van der Waals surface area contributed by atoms with E-state index in [0.717, 1.165) is 18.5 Å². The summed E-state index contributed by atoms with van der Waals surface area (Å²) in [6.45, 7) is 7.74. The van der Waals surface area contributed by atoms with Crippen molar-refractivity contribution < 1.29 is 4.42 Å². The van der Waals surface area contributed by atoms with E-state index in [0.29, 0.717) is 18.5 Å². The lowest BCUT2D eigenvalue weighted by molar-refractivity contribution is 0.423. The molecule has 1 atom stereocenters. The summed E-state index contributed by atoms with van der Waals surface area (Å²) >= 11 is 0. The van der Waals surface area contributed by atoms with Crippen LogP contribution in [-0.2, 0) is 6.54 Å². The minimum Gasteiger partial charge on any atom is -0.406 e. The third kappa shape index (κ3) is 3.77. The lowest BCUT2D eigenvalue weighted by Crippen LogP contribution is -2.19. The third-order valence-electron chi connectivity index (χ3n) is 3.09. The number of aryl methyl sites for hydroxylation is 1. The summed E-state index contributed by atoms with van der Waals surface area (Å²) in [6.07, 6.45) is 4.69. The van der Waals surface area contributed by atoms with Crippen molar-refractivity contribution >= 4 is 6.01 Å². The van der Waals surface area contributed by atoms with Crippen molar-refractivity contribution in [3.63, 3.8) is 0 Å². The quantitative estimate of drug-likeness (QED) is 0.808. The molecule has 6 nitrogen and oxygen atoms in total. The standard InChI is InChI=1S/C14H21N5O/c1-4-6-16-11(3)13-18-19-14(20-13)17-9-12-8-15-7-5-10(12)2/h5,7-8,11,16H,4,6,9H2,1-3H3,(H,17,19). The van der Waals surface area contributed by atoms with E-state index in [4.69, 9.17) is 4.42 Å². The molecule has 0 aliphatic carbocycles. The van der Waals surface area contributed by atoms with E-state index in [1.54, 1.807) is 6.20 Å². The number of rotatable bonds is 7. The van der Waals surface area contributed by atoms with E-state index in [-0.39, 0.29) is 6.04 Å². The Morgan fingerprint density at radius 3 is 2.95 bits per heavy atom. The van der Waals surface area contributed by atoms with E-state index in [2.05, 4.69) is 39.7 Å². The van der Waals surface area contributed by atoms with Crippen molar-refractivity contribution in [2.24, 2.45) is 0 Å². The van der Waals surface area contributed by atoms with Gasteiger partial charge in [-0.2, -0.15) is 0 Å². The maximum absolute atomic E-state index is 5.59. The maximum atomic E-state index is 5.59. The first-order chi connectivity index (χ1) is 9.70. The SMILES string of the molecule is CCCNC(C)c1nnc(NCc2cnccc2C)o1. The average Bonchev–Trinajstić information content (AvgIpc) is 2.93. The summed E-state index contributed by atoms with van der Waals surface area (Å²) in [4.78, 5) is 4.11. The molecule has 108 valence electrons. The molecule has 0 aromatic carbocycles. The van der Waals surface area contributed by atoms with Crippen LogP contribution < -0.4 is 10.6 Å². The second-order valence-corrected chi connectivity index (χ2v) is 4.78. The first kappa shape index (κ1) is 14.5. The number of hydrogen-bond acceptors (Lipinski definition) is 6.